The molecule has 4 N–H and O–H groups in total. The number of likely N-dealkylation sites (N-methyl/N-ethyl adjacent to an activating group) is 1. The molecule has 1 fully saturated rings. The van der Waals surface area contributed by atoms with Crippen molar-refractivity contribution in [2.24, 2.45) is 22.7 Å². The van der Waals surface area contributed by atoms with Gasteiger partial charge < -0.3 is 25.7 Å². The van der Waals surface area contributed by atoms with Crippen molar-refractivity contribution in [2.75, 3.05) is 26.8 Å². The lowest BCUT2D eigenvalue weighted by molar-refractivity contribution is -0.139. The van der Waals surface area contributed by atoms with Crippen LogP contribution in [0.2, 0.25) is 0 Å². The molecule has 1 amide bonds. The molecule has 0 bridgehead atoms. The molecule has 20 heavy (non-hydrogen) atoms. The summed E-state index contributed by atoms with van der Waals surface area (Å²) in [5, 5.41) is 22.1. The quantitative estimate of drug-likeness (QED) is 0.285. The highest BCUT2D eigenvalue weighted by molar-refractivity contribution is 6.02. The van der Waals surface area contributed by atoms with Crippen LogP contribution in [0.15, 0.2) is 5.16 Å². The summed E-state index contributed by atoms with van der Waals surface area (Å²) in [6.07, 6.45) is 1.00. The molecule has 1 aliphatic heterocycles. The van der Waals surface area contributed by atoms with E-state index < -0.39 is 11.5 Å². The maximum absolute atomic E-state index is 12.4. The monoisotopic (exact) mass is 287 g/mol. The lowest BCUT2D eigenvalue weighted by Gasteiger charge is -2.36. The van der Waals surface area contributed by atoms with Crippen LogP contribution in [-0.2, 0) is 9.53 Å². The summed E-state index contributed by atoms with van der Waals surface area (Å²) in [6.45, 7) is 4.87. The fourth-order valence-corrected chi connectivity index (χ4v) is 2.48. The summed E-state index contributed by atoms with van der Waals surface area (Å²) in [4.78, 5) is 13.9. The molecule has 0 aromatic rings. The zero-order valence-electron chi connectivity index (χ0n) is 12.4. The molecule has 1 unspecified atom stereocenters. The van der Waals surface area contributed by atoms with Crippen LogP contribution >= 0.6 is 0 Å². The molecule has 1 rings (SSSR count). The number of ether oxygens (including phenoxy) is 1. The Balaban J connectivity index is 2.74. The van der Waals surface area contributed by atoms with Gasteiger partial charge in [0.15, 0.2) is 5.84 Å². The predicted octanol–water partition coefficient (Wildman–Crippen LogP) is 0.00490. The highest BCUT2D eigenvalue weighted by atomic mass is 16.5. The number of aliphatic hydroxyl groups is 1. The maximum atomic E-state index is 12.4. The van der Waals surface area contributed by atoms with Crippen molar-refractivity contribution < 1.29 is 19.8 Å². The molecule has 7 nitrogen and oxygen atoms in total. The van der Waals surface area contributed by atoms with Crippen molar-refractivity contribution in [3.63, 3.8) is 0 Å². The van der Waals surface area contributed by atoms with E-state index >= 15 is 0 Å². The topological polar surface area (TPSA) is 108 Å². The second-order valence-corrected chi connectivity index (χ2v) is 5.78. The zero-order chi connectivity index (χ0) is 15.3. The molecule has 0 aliphatic carbocycles. The molecule has 1 heterocycles. The molecule has 0 aromatic heterocycles. The number of nitrogens with zero attached hydrogens (tertiary/aromatic N) is 2. The summed E-state index contributed by atoms with van der Waals surface area (Å²) >= 11 is 0. The molecule has 1 saturated heterocycles. The van der Waals surface area contributed by atoms with Gasteiger partial charge >= 0.3 is 0 Å². The van der Waals surface area contributed by atoms with E-state index in [4.69, 9.17) is 15.7 Å². The first-order valence-corrected chi connectivity index (χ1v) is 6.83. The SMILES string of the molecule is CC(C)C(C(=O)N(C)CC1(O)CCOCC1)C(N)=NO. The van der Waals surface area contributed by atoms with E-state index in [0.717, 1.165) is 0 Å². The van der Waals surface area contributed by atoms with Crippen LogP contribution in [0, 0.1) is 11.8 Å². The number of hydrogen-bond acceptors (Lipinski definition) is 5. The molecule has 0 radical (unpaired) electrons. The normalized spacial score (nSPS) is 20.8. The molecule has 1 aliphatic rings. The van der Waals surface area contributed by atoms with Crippen LogP contribution in [0.4, 0.5) is 0 Å². The third kappa shape index (κ3) is 4.08. The van der Waals surface area contributed by atoms with Crippen LogP contribution in [0.3, 0.4) is 0 Å². The molecule has 116 valence electrons. The molecular weight excluding hydrogens is 262 g/mol. The van der Waals surface area contributed by atoms with Crippen LogP contribution in [0.5, 0.6) is 0 Å². The summed E-state index contributed by atoms with van der Waals surface area (Å²) < 4.78 is 5.21. The number of nitrogens with two attached hydrogens (primary N) is 1. The zero-order valence-corrected chi connectivity index (χ0v) is 12.4. The highest BCUT2D eigenvalue weighted by Crippen LogP contribution is 2.23. The van der Waals surface area contributed by atoms with E-state index in [0.29, 0.717) is 26.1 Å². The number of carbonyl (C=O) groups is 1. The minimum atomic E-state index is -0.921. The van der Waals surface area contributed by atoms with Crippen molar-refractivity contribution in [3.05, 3.63) is 0 Å². The number of hydrogen-bond donors (Lipinski definition) is 3. The van der Waals surface area contributed by atoms with Gasteiger partial charge in [0.1, 0.15) is 5.92 Å². The van der Waals surface area contributed by atoms with Crippen molar-refractivity contribution in [1.82, 2.24) is 4.90 Å². The van der Waals surface area contributed by atoms with Gasteiger partial charge in [-0.1, -0.05) is 19.0 Å². The first kappa shape index (κ1) is 16.7. The van der Waals surface area contributed by atoms with Crippen molar-refractivity contribution in [3.8, 4) is 0 Å². The van der Waals surface area contributed by atoms with Crippen LogP contribution in [0.1, 0.15) is 26.7 Å². The fourth-order valence-electron chi connectivity index (χ4n) is 2.48. The average molecular weight is 287 g/mol. The lowest BCUT2D eigenvalue weighted by Crippen LogP contribution is -2.51. The van der Waals surface area contributed by atoms with Gasteiger partial charge in [0, 0.05) is 39.6 Å². The summed E-state index contributed by atoms with van der Waals surface area (Å²) in [6, 6.07) is 0. The van der Waals surface area contributed by atoms with Crippen LogP contribution < -0.4 is 5.73 Å². The summed E-state index contributed by atoms with van der Waals surface area (Å²) in [5.74, 6) is -1.13. The Bertz CT molecular complexity index is 365. The Morgan fingerprint density at radius 1 is 1.45 bits per heavy atom. The average Bonchev–Trinajstić information content (AvgIpc) is 2.38. The van der Waals surface area contributed by atoms with Gasteiger partial charge in [-0.15, -0.1) is 0 Å². The minimum Gasteiger partial charge on any atom is -0.409 e. The van der Waals surface area contributed by atoms with E-state index in [1.807, 2.05) is 13.8 Å². The minimum absolute atomic E-state index is 0.0924. The van der Waals surface area contributed by atoms with Crippen LogP contribution in [0.25, 0.3) is 0 Å². The van der Waals surface area contributed by atoms with E-state index in [1.54, 1.807) is 7.05 Å². The second-order valence-electron chi connectivity index (χ2n) is 5.78. The number of carbonyl (C=O) groups excluding carboxylic acids is 1. The smallest absolute Gasteiger partial charge is 0.233 e. The van der Waals surface area contributed by atoms with Gasteiger partial charge in [-0.3, -0.25) is 4.79 Å². The molecule has 1 atom stereocenters. The fraction of sp³-hybridized carbons (Fsp3) is 0.846. The standard InChI is InChI=1S/C13H25N3O4/c1-9(2)10(11(14)15-19)12(17)16(3)8-13(18)4-6-20-7-5-13/h9-10,18-19H,4-8H2,1-3H3,(H2,14,15). The van der Waals surface area contributed by atoms with E-state index in [9.17, 15) is 9.90 Å². The van der Waals surface area contributed by atoms with Gasteiger partial charge in [-0.2, -0.15) is 0 Å². The Hall–Kier alpha value is -1.34. The van der Waals surface area contributed by atoms with Gasteiger partial charge in [0.25, 0.3) is 0 Å². The molecule has 7 heteroatoms. The third-order valence-corrected chi connectivity index (χ3v) is 3.70. The third-order valence-electron chi connectivity index (χ3n) is 3.70. The molecule has 0 aromatic carbocycles. The Morgan fingerprint density at radius 2 is 2.00 bits per heavy atom. The number of oxime groups is 1. The largest absolute Gasteiger partial charge is 0.409 e. The Labute approximate surface area is 119 Å². The molecular formula is C13H25N3O4. The Kier molecular flexibility index (Phi) is 5.76. The summed E-state index contributed by atoms with van der Waals surface area (Å²) in [5.41, 5.74) is 4.67. The van der Waals surface area contributed by atoms with Gasteiger partial charge in [-0.25, -0.2) is 0 Å². The second kappa shape index (κ2) is 6.90. The molecule has 0 spiro atoms. The first-order chi connectivity index (χ1) is 9.30. The van der Waals surface area contributed by atoms with Gasteiger partial charge in [-0.05, 0) is 5.92 Å². The van der Waals surface area contributed by atoms with Crippen molar-refractivity contribution in [2.45, 2.75) is 32.3 Å². The van der Waals surface area contributed by atoms with Gasteiger partial charge in [0.2, 0.25) is 5.91 Å². The summed E-state index contributed by atoms with van der Waals surface area (Å²) in [7, 11) is 1.62. The molecule has 0 saturated carbocycles. The predicted molar refractivity (Wildman–Crippen MR) is 74.4 cm³/mol. The van der Waals surface area contributed by atoms with Crippen molar-refractivity contribution in [1.29, 1.82) is 0 Å². The van der Waals surface area contributed by atoms with Crippen molar-refractivity contribution >= 4 is 11.7 Å². The van der Waals surface area contributed by atoms with Gasteiger partial charge in [0.05, 0.1) is 5.60 Å². The number of rotatable bonds is 5. The van der Waals surface area contributed by atoms with E-state index in [-0.39, 0.29) is 24.2 Å². The maximum Gasteiger partial charge on any atom is 0.233 e. The first-order valence-electron chi connectivity index (χ1n) is 6.83. The Morgan fingerprint density at radius 3 is 2.45 bits per heavy atom. The van der Waals surface area contributed by atoms with E-state index in [1.165, 1.54) is 4.90 Å². The van der Waals surface area contributed by atoms with Crippen LogP contribution in [-0.4, -0.2) is 59.4 Å². The lowest BCUT2D eigenvalue weighted by atomic mass is 9.90. The number of amidine groups is 1. The number of amides is 1. The van der Waals surface area contributed by atoms with E-state index in [2.05, 4.69) is 5.16 Å². The highest BCUT2D eigenvalue weighted by Gasteiger charge is 2.36.